The van der Waals surface area contributed by atoms with Crippen molar-refractivity contribution >= 4 is 11.0 Å². The molecule has 0 saturated carbocycles. The number of nitrogens with zero attached hydrogens (tertiary/aromatic N) is 3. The fraction of sp³-hybridized carbons (Fsp3) is 0.500. The van der Waals surface area contributed by atoms with Crippen LogP contribution in [0.1, 0.15) is 55.5 Å². The lowest BCUT2D eigenvalue weighted by molar-refractivity contribution is 0.264. The maximum atomic E-state index is 6.03. The Labute approximate surface area is 180 Å². The highest BCUT2D eigenvalue weighted by atomic mass is 16.5. The van der Waals surface area contributed by atoms with E-state index in [1.54, 1.807) is 0 Å². The van der Waals surface area contributed by atoms with E-state index in [1.165, 1.54) is 61.2 Å². The van der Waals surface area contributed by atoms with Gasteiger partial charge >= 0.3 is 0 Å². The van der Waals surface area contributed by atoms with Gasteiger partial charge in [0, 0.05) is 6.54 Å². The third-order valence-corrected chi connectivity index (χ3v) is 6.16. The van der Waals surface area contributed by atoms with E-state index in [0.717, 1.165) is 43.8 Å². The largest absolute Gasteiger partial charge is 0.493 e. The lowest BCUT2D eigenvalue weighted by Crippen LogP contribution is -2.26. The van der Waals surface area contributed by atoms with E-state index >= 15 is 0 Å². The summed E-state index contributed by atoms with van der Waals surface area (Å²) in [6.07, 6.45) is 7.51. The molecule has 1 aliphatic rings. The number of likely N-dealkylation sites (tertiary alicyclic amines) is 1. The molecule has 1 aromatic heterocycles. The van der Waals surface area contributed by atoms with Gasteiger partial charge < -0.3 is 9.30 Å². The Morgan fingerprint density at radius 2 is 1.73 bits per heavy atom. The summed E-state index contributed by atoms with van der Waals surface area (Å²) in [7, 11) is 0. The van der Waals surface area contributed by atoms with E-state index in [2.05, 4.69) is 65.8 Å². The van der Waals surface area contributed by atoms with Gasteiger partial charge in [0.2, 0.25) is 0 Å². The van der Waals surface area contributed by atoms with Crippen LogP contribution in [0, 0.1) is 13.8 Å². The van der Waals surface area contributed by atoms with E-state index in [4.69, 9.17) is 9.72 Å². The van der Waals surface area contributed by atoms with Gasteiger partial charge in [0.1, 0.15) is 11.6 Å². The van der Waals surface area contributed by atoms with Gasteiger partial charge in [-0.3, -0.25) is 4.90 Å². The molecule has 0 amide bonds. The highest BCUT2D eigenvalue weighted by Crippen LogP contribution is 2.21. The smallest absolute Gasteiger partial charge is 0.124 e. The van der Waals surface area contributed by atoms with Gasteiger partial charge in [-0.05, 0) is 76.4 Å². The van der Waals surface area contributed by atoms with Crippen LogP contribution in [0.25, 0.3) is 11.0 Å². The summed E-state index contributed by atoms with van der Waals surface area (Å²) in [5.41, 5.74) is 4.88. The summed E-state index contributed by atoms with van der Waals surface area (Å²) in [6, 6.07) is 15.0. The molecular weight excluding hydrogens is 370 g/mol. The molecule has 2 aromatic carbocycles. The van der Waals surface area contributed by atoms with E-state index < -0.39 is 0 Å². The summed E-state index contributed by atoms with van der Waals surface area (Å²) in [4.78, 5) is 7.59. The van der Waals surface area contributed by atoms with Crippen molar-refractivity contribution in [2.24, 2.45) is 0 Å². The molecule has 3 aromatic rings. The number of fused-ring (bicyclic) bond motifs is 1. The minimum atomic E-state index is 0.762. The zero-order chi connectivity index (χ0) is 20.8. The van der Waals surface area contributed by atoms with Crippen LogP contribution in [0.2, 0.25) is 0 Å². The van der Waals surface area contributed by atoms with Crippen molar-refractivity contribution in [2.45, 2.75) is 65.5 Å². The predicted octanol–water partition coefficient (Wildman–Crippen LogP) is 5.89. The molecule has 0 spiro atoms. The summed E-state index contributed by atoms with van der Waals surface area (Å²) in [5.74, 6) is 2.23. The molecule has 0 radical (unpaired) electrons. The average Bonchev–Trinajstić information content (AvgIpc) is 2.89. The quantitative estimate of drug-likeness (QED) is 0.438. The van der Waals surface area contributed by atoms with Crippen LogP contribution in [-0.2, 0) is 13.1 Å². The minimum Gasteiger partial charge on any atom is -0.493 e. The number of unbranched alkanes of at least 4 members (excludes halogenated alkanes) is 1. The Kier molecular flexibility index (Phi) is 7.06. The molecule has 4 rings (SSSR count). The fourth-order valence-corrected chi connectivity index (χ4v) is 4.51. The summed E-state index contributed by atoms with van der Waals surface area (Å²) in [6.45, 7) is 9.37. The number of para-hydroxylation sites is 2. The number of ether oxygens (including phenoxy) is 1. The zero-order valence-electron chi connectivity index (χ0n) is 18.6. The number of aromatic nitrogens is 2. The summed E-state index contributed by atoms with van der Waals surface area (Å²) >= 11 is 0. The molecule has 1 saturated heterocycles. The highest BCUT2D eigenvalue weighted by molar-refractivity contribution is 5.75. The topological polar surface area (TPSA) is 30.3 Å². The third kappa shape index (κ3) is 5.23. The number of benzene rings is 2. The van der Waals surface area contributed by atoms with Crippen molar-refractivity contribution in [1.82, 2.24) is 14.5 Å². The molecular formula is C26H35N3O. The molecule has 0 bridgehead atoms. The Morgan fingerprint density at radius 1 is 0.933 bits per heavy atom. The van der Waals surface area contributed by atoms with E-state index in [1.807, 2.05) is 0 Å². The van der Waals surface area contributed by atoms with Gasteiger partial charge in [-0.2, -0.15) is 0 Å². The number of hydrogen-bond acceptors (Lipinski definition) is 3. The van der Waals surface area contributed by atoms with Crippen LogP contribution in [0.4, 0.5) is 0 Å². The Balaban J connectivity index is 1.37. The zero-order valence-corrected chi connectivity index (χ0v) is 18.6. The van der Waals surface area contributed by atoms with Gasteiger partial charge in [-0.15, -0.1) is 0 Å². The van der Waals surface area contributed by atoms with Crippen LogP contribution in [0.15, 0.2) is 42.5 Å². The van der Waals surface area contributed by atoms with Crippen LogP contribution in [0.5, 0.6) is 5.75 Å². The Morgan fingerprint density at radius 3 is 2.53 bits per heavy atom. The normalized spacial score (nSPS) is 15.4. The van der Waals surface area contributed by atoms with Gasteiger partial charge in [0.15, 0.2) is 0 Å². The van der Waals surface area contributed by atoms with Crippen LogP contribution in [-0.4, -0.2) is 34.1 Å². The first-order valence-corrected chi connectivity index (χ1v) is 11.6. The number of rotatable bonds is 8. The molecule has 4 nitrogen and oxygen atoms in total. The third-order valence-electron chi connectivity index (χ3n) is 6.16. The molecule has 2 heterocycles. The van der Waals surface area contributed by atoms with E-state index in [-0.39, 0.29) is 0 Å². The van der Waals surface area contributed by atoms with Crippen molar-refractivity contribution in [3.63, 3.8) is 0 Å². The molecule has 4 heteroatoms. The molecule has 1 fully saturated rings. The fourth-order valence-electron chi connectivity index (χ4n) is 4.51. The number of hydrogen-bond donors (Lipinski definition) is 0. The second-order valence-electron chi connectivity index (χ2n) is 8.68. The van der Waals surface area contributed by atoms with E-state index in [9.17, 15) is 0 Å². The first-order chi connectivity index (χ1) is 14.7. The molecule has 0 unspecified atom stereocenters. The summed E-state index contributed by atoms with van der Waals surface area (Å²) in [5, 5.41) is 0. The van der Waals surface area contributed by atoms with Gasteiger partial charge in [-0.25, -0.2) is 4.98 Å². The first kappa shape index (κ1) is 20.9. The Hall–Kier alpha value is -2.33. The van der Waals surface area contributed by atoms with Crippen LogP contribution in [0.3, 0.4) is 0 Å². The molecule has 0 aliphatic carbocycles. The highest BCUT2D eigenvalue weighted by Gasteiger charge is 2.15. The first-order valence-electron chi connectivity index (χ1n) is 11.6. The maximum Gasteiger partial charge on any atom is 0.124 e. The maximum absolute atomic E-state index is 6.03. The van der Waals surface area contributed by atoms with E-state index in [0.29, 0.717) is 0 Å². The lowest BCUT2D eigenvalue weighted by atomic mass is 10.1. The Bertz CT molecular complexity index is 954. The number of imidazole rings is 1. The molecule has 160 valence electrons. The van der Waals surface area contributed by atoms with Crippen molar-refractivity contribution in [3.8, 4) is 5.75 Å². The van der Waals surface area contributed by atoms with Crippen molar-refractivity contribution < 1.29 is 4.74 Å². The van der Waals surface area contributed by atoms with Crippen molar-refractivity contribution in [1.29, 1.82) is 0 Å². The predicted molar refractivity (Wildman–Crippen MR) is 124 cm³/mol. The SMILES string of the molecule is Cc1ccc(OCCCCn2c(CN3CCCCCC3)nc3ccccc32)c(C)c1. The standard InChI is InChI=1S/C26H35N3O/c1-21-13-14-25(22(2)19-21)30-18-10-9-17-29-24-12-6-5-11-23(24)27-26(29)20-28-15-7-3-4-8-16-28/h5-6,11-14,19H,3-4,7-10,15-18,20H2,1-2H3. The molecule has 0 N–H and O–H groups in total. The van der Waals surface area contributed by atoms with Crippen LogP contribution >= 0.6 is 0 Å². The lowest BCUT2D eigenvalue weighted by Gasteiger charge is -2.20. The number of aryl methyl sites for hydroxylation is 3. The second kappa shape index (κ2) is 10.1. The van der Waals surface area contributed by atoms with Crippen LogP contribution < -0.4 is 4.74 Å². The molecule has 1 aliphatic heterocycles. The second-order valence-corrected chi connectivity index (χ2v) is 8.68. The molecule has 30 heavy (non-hydrogen) atoms. The van der Waals surface area contributed by atoms with Crippen molar-refractivity contribution in [3.05, 3.63) is 59.4 Å². The summed E-state index contributed by atoms with van der Waals surface area (Å²) < 4.78 is 8.47. The molecule has 0 atom stereocenters. The minimum absolute atomic E-state index is 0.762. The average molecular weight is 406 g/mol. The van der Waals surface area contributed by atoms with Crippen molar-refractivity contribution in [2.75, 3.05) is 19.7 Å². The van der Waals surface area contributed by atoms with Gasteiger partial charge in [0.25, 0.3) is 0 Å². The van der Waals surface area contributed by atoms with Gasteiger partial charge in [-0.1, -0.05) is 42.7 Å². The van der Waals surface area contributed by atoms with Gasteiger partial charge in [0.05, 0.1) is 24.2 Å². The monoisotopic (exact) mass is 405 g/mol.